The van der Waals surface area contributed by atoms with Gasteiger partial charge < -0.3 is 9.47 Å². The Morgan fingerprint density at radius 1 is 1.41 bits per heavy atom. The normalized spacial score (nSPS) is 12.0. The highest BCUT2D eigenvalue weighted by Gasteiger charge is 2.14. The van der Waals surface area contributed by atoms with E-state index in [0.29, 0.717) is 23.7 Å². The molecule has 0 aromatic heterocycles. The fourth-order valence-electron chi connectivity index (χ4n) is 1.32. The van der Waals surface area contributed by atoms with Crippen LogP contribution in [0.2, 0.25) is 0 Å². The molecule has 94 valence electrons. The first-order chi connectivity index (χ1) is 8.12. The topological polar surface area (TPSA) is 35.5 Å². The van der Waals surface area contributed by atoms with E-state index >= 15 is 0 Å². The van der Waals surface area contributed by atoms with Gasteiger partial charge in [0.1, 0.15) is 6.29 Å². The van der Waals surface area contributed by atoms with Crippen molar-refractivity contribution in [3.63, 3.8) is 0 Å². The van der Waals surface area contributed by atoms with Crippen LogP contribution in [-0.4, -0.2) is 19.0 Å². The molecule has 17 heavy (non-hydrogen) atoms. The Morgan fingerprint density at radius 2 is 2.12 bits per heavy atom. The van der Waals surface area contributed by atoms with Crippen molar-refractivity contribution in [3.05, 3.63) is 22.2 Å². The summed E-state index contributed by atoms with van der Waals surface area (Å²) in [6.07, 6.45) is 1.81. The summed E-state index contributed by atoms with van der Waals surface area (Å²) in [7, 11) is 0. The lowest BCUT2D eigenvalue weighted by molar-refractivity contribution is 0.112. The molecule has 0 aliphatic rings. The Balaban J connectivity index is 3.11. The number of hydrogen-bond acceptors (Lipinski definition) is 3. The molecule has 1 aromatic rings. The number of hydrogen-bond donors (Lipinski definition) is 0. The molecule has 4 heteroatoms. The zero-order valence-corrected chi connectivity index (χ0v) is 11.9. The van der Waals surface area contributed by atoms with Gasteiger partial charge in [0.15, 0.2) is 11.5 Å². The van der Waals surface area contributed by atoms with Crippen LogP contribution in [-0.2, 0) is 0 Å². The van der Waals surface area contributed by atoms with Gasteiger partial charge in [-0.3, -0.25) is 4.79 Å². The summed E-state index contributed by atoms with van der Waals surface area (Å²) in [5, 5.41) is 0. The lowest BCUT2D eigenvalue weighted by Gasteiger charge is -2.18. The maximum atomic E-state index is 10.8. The van der Waals surface area contributed by atoms with E-state index in [1.807, 2.05) is 13.8 Å². The van der Waals surface area contributed by atoms with Gasteiger partial charge in [-0.2, -0.15) is 0 Å². The average molecular weight is 301 g/mol. The van der Waals surface area contributed by atoms with Gasteiger partial charge in [0.2, 0.25) is 0 Å². The molecule has 0 aliphatic carbocycles. The molecule has 0 fully saturated rings. The maximum Gasteiger partial charge on any atom is 0.175 e. The SMILES string of the molecule is CCOc1cc(C=O)cc(Br)c1O[C@H](C)CC. The lowest BCUT2D eigenvalue weighted by Crippen LogP contribution is -2.11. The van der Waals surface area contributed by atoms with E-state index in [1.165, 1.54) is 0 Å². The summed E-state index contributed by atoms with van der Waals surface area (Å²) in [5.41, 5.74) is 0.567. The summed E-state index contributed by atoms with van der Waals surface area (Å²) in [6.45, 7) is 6.48. The fraction of sp³-hybridized carbons (Fsp3) is 0.462. The van der Waals surface area contributed by atoms with Crippen LogP contribution >= 0.6 is 15.9 Å². The Kier molecular flexibility index (Phi) is 5.48. The predicted octanol–water partition coefficient (Wildman–Crippen LogP) is 3.84. The van der Waals surface area contributed by atoms with Crippen molar-refractivity contribution >= 4 is 22.2 Å². The van der Waals surface area contributed by atoms with Crippen molar-refractivity contribution < 1.29 is 14.3 Å². The van der Waals surface area contributed by atoms with Crippen LogP contribution < -0.4 is 9.47 Å². The Labute approximate surface area is 110 Å². The second-order valence-electron chi connectivity index (χ2n) is 3.72. The molecule has 0 heterocycles. The standard InChI is InChI=1S/C13H17BrO3/c1-4-9(3)17-13-11(14)6-10(8-15)7-12(13)16-5-2/h6-9H,4-5H2,1-3H3/t9-/m1/s1. The largest absolute Gasteiger partial charge is 0.490 e. The third kappa shape index (κ3) is 3.73. The predicted molar refractivity (Wildman–Crippen MR) is 71.1 cm³/mol. The van der Waals surface area contributed by atoms with E-state index in [9.17, 15) is 4.79 Å². The third-order valence-electron chi connectivity index (χ3n) is 2.36. The summed E-state index contributed by atoms with van der Waals surface area (Å²) < 4.78 is 12.0. The molecular formula is C13H17BrO3. The van der Waals surface area contributed by atoms with Gasteiger partial charge in [-0.25, -0.2) is 0 Å². The number of carbonyl (C=O) groups excluding carboxylic acids is 1. The van der Waals surface area contributed by atoms with Crippen LogP contribution in [0.3, 0.4) is 0 Å². The number of ether oxygens (including phenoxy) is 2. The van der Waals surface area contributed by atoms with Crippen LogP contribution in [0.1, 0.15) is 37.6 Å². The second kappa shape index (κ2) is 6.64. The van der Waals surface area contributed by atoms with Crippen molar-refractivity contribution in [2.75, 3.05) is 6.61 Å². The molecule has 0 spiro atoms. The highest BCUT2D eigenvalue weighted by molar-refractivity contribution is 9.10. The molecule has 1 aromatic carbocycles. The molecule has 0 radical (unpaired) electrons. The van der Waals surface area contributed by atoms with E-state index < -0.39 is 0 Å². The Hall–Kier alpha value is -1.03. The first-order valence-corrected chi connectivity index (χ1v) is 6.49. The molecule has 0 bridgehead atoms. The van der Waals surface area contributed by atoms with Crippen LogP contribution in [0.4, 0.5) is 0 Å². The number of halogens is 1. The minimum Gasteiger partial charge on any atom is -0.490 e. The molecular weight excluding hydrogens is 284 g/mol. The van der Waals surface area contributed by atoms with Gasteiger partial charge in [0.05, 0.1) is 17.2 Å². The van der Waals surface area contributed by atoms with Gasteiger partial charge in [0.25, 0.3) is 0 Å². The molecule has 0 aliphatic heterocycles. The van der Waals surface area contributed by atoms with Crippen molar-refractivity contribution in [1.29, 1.82) is 0 Å². The number of carbonyl (C=O) groups is 1. The smallest absolute Gasteiger partial charge is 0.175 e. The summed E-state index contributed by atoms with van der Waals surface area (Å²) in [4.78, 5) is 10.8. The van der Waals surface area contributed by atoms with Crippen molar-refractivity contribution in [2.45, 2.75) is 33.3 Å². The first-order valence-electron chi connectivity index (χ1n) is 5.70. The monoisotopic (exact) mass is 300 g/mol. The highest BCUT2D eigenvalue weighted by Crippen LogP contribution is 2.37. The second-order valence-corrected chi connectivity index (χ2v) is 4.57. The van der Waals surface area contributed by atoms with E-state index in [4.69, 9.17) is 9.47 Å². The molecule has 0 saturated heterocycles. The van der Waals surface area contributed by atoms with Crippen LogP contribution in [0, 0.1) is 0 Å². The van der Waals surface area contributed by atoms with Gasteiger partial charge >= 0.3 is 0 Å². The Bertz CT molecular complexity index is 390. The summed E-state index contributed by atoms with van der Waals surface area (Å²) in [6, 6.07) is 3.42. The molecule has 3 nitrogen and oxygen atoms in total. The number of aldehydes is 1. The van der Waals surface area contributed by atoms with Gasteiger partial charge in [0, 0.05) is 5.56 Å². The zero-order valence-electron chi connectivity index (χ0n) is 10.3. The van der Waals surface area contributed by atoms with Crippen molar-refractivity contribution in [1.82, 2.24) is 0 Å². The number of rotatable bonds is 6. The Morgan fingerprint density at radius 3 is 2.65 bits per heavy atom. The fourth-order valence-corrected chi connectivity index (χ4v) is 1.87. The van der Waals surface area contributed by atoms with Crippen LogP contribution in [0.5, 0.6) is 11.5 Å². The van der Waals surface area contributed by atoms with Gasteiger partial charge in [-0.05, 0) is 48.3 Å². The minimum absolute atomic E-state index is 0.104. The van der Waals surface area contributed by atoms with Crippen LogP contribution in [0.25, 0.3) is 0 Å². The number of benzene rings is 1. The molecule has 1 atom stereocenters. The van der Waals surface area contributed by atoms with E-state index in [0.717, 1.165) is 17.2 Å². The molecule has 1 rings (SSSR count). The first kappa shape index (κ1) is 14.0. The third-order valence-corrected chi connectivity index (χ3v) is 2.95. The average Bonchev–Trinajstić information content (AvgIpc) is 2.33. The van der Waals surface area contributed by atoms with Crippen molar-refractivity contribution in [2.24, 2.45) is 0 Å². The highest BCUT2D eigenvalue weighted by atomic mass is 79.9. The van der Waals surface area contributed by atoms with Gasteiger partial charge in [-0.15, -0.1) is 0 Å². The summed E-state index contributed by atoms with van der Waals surface area (Å²) >= 11 is 3.40. The quantitative estimate of drug-likeness (QED) is 0.749. The molecule has 0 N–H and O–H groups in total. The minimum atomic E-state index is 0.104. The zero-order chi connectivity index (χ0) is 12.8. The van der Waals surface area contributed by atoms with E-state index in [-0.39, 0.29) is 6.10 Å². The molecule has 0 unspecified atom stereocenters. The van der Waals surface area contributed by atoms with Crippen LogP contribution in [0.15, 0.2) is 16.6 Å². The van der Waals surface area contributed by atoms with E-state index in [1.54, 1.807) is 12.1 Å². The van der Waals surface area contributed by atoms with Gasteiger partial charge in [-0.1, -0.05) is 6.92 Å². The molecule has 0 saturated carbocycles. The molecule has 0 amide bonds. The summed E-state index contributed by atoms with van der Waals surface area (Å²) in [5.74, 6) is 1.26. The lowest BCUT2D eigenvalue weighted by atomic mass is 10.2. The maximum absolute atomic E-state index is 10.8. The van der Waals surface area contributed by atoms with E-state index in [2.05, 4.69) is 22.9 Å². The van der Waals surface area contributed by atoms with Crippen molar-refractivity contribution in [3.8, 4) is 11.5 Å².